The number of rotatable bonds is 2. The van der Waals surface area contributed by atoms with E-state index in [-0.39, 0.29) is 11.1 Å². The maximum atomic E-state index is 10.8. The first-order valence-electron chi connectivity index (χ1n) is 7.93. The minimum atomic E-state index is -1.05. The highest BCUT2D eigenvalue weighted by Gasteiger charge is 2.08. The van der Waals surface area contributed by atoms with Gasteiger partial charge in [-0.05, 0) is 52.6 Å². The summed E-state index contributed by atoms with van der Waals surface area (Å²) in [6.07, 6.45) is 5.53. The molecule has 0 fully saturated rings. The van der Waals surface area contributed by atoms with E-state index in [0.29, 0.717) is 0 Å². The van der Waals surface area contributed by atoms with Crippen molar-refractivity contribution in [3.63, 3.8) is 0 Å². The predicted molar refractivity (Wildman–Crippen MR) is 101 cm³/mol. The molecule has 130 valence electrons. The SMILES string of the molecule is C1=Cc2cccc3cccc(c23)C1.O=C(O)c1ccc(C(=O)OCl)cc1. The zero-order valence-electron chi connectivity index (χ0n) is 13.7. The number of allylic oxidation sites excluding steroid dienone is 1. The number of benzene rings is 3. The Kier molecular flexibility index (Phi) is 5.34. The van der Waals surface area contributed by atoms with Gasteiger partial charge < -0.3 is 9.40 Å². The van der Waals surface area contributed by atoms with Crippen LogP contribution in [0.1, 0.15) is 31.8 Å². The first kappa shape index (κ1) is 17.7. The van der Waals surface area contributed by atoms with Crippen LogP contribution in [0.5, 0.6) is 0 Å². The van der Waals surface area contributed by atoms with Crippen LogP contribution < -0.4 is 0 Å². The van der Waals surface area contributed by atoms with Gasteiger partial charge >= 0.3 is 11.9 Å². The van der Waals surface area contributed by atoms with Gasteiger partial charge in [-0.25, -0.2) is 9.59 Å². The summed E-state index contributed by atoms with van der Waals surface area (Å²) in [5.41, 5.74) is 3.13. The fourth-order valence-electron chi connectivity index (χ4n) is 2.87. The second kappa shape index (κ2) is 7.85. The van der Waals surface area contributed by atoms with Gasteiger partial charge in [-0.2, -0.15) is 0 Å². The normalized spacial score (nSPS) is 11.4. The van der Waals surface area contributed by atoms with Gasteiger partial charge in [0.05, 0.1) is 11.1 Å². The molecule has 0 bridgehead atoms. The first-order chi connectivity index (χ1) is 12.6. The van der Waals surface area contributed by atoms with Crippen LogP contribution in [0.2, 0.25) is 0 Å². The maximum absolute atomic E-state index is 10.8. The molecule has 4 rings (SSSR count). The number of hydrogen-bond acceptors (Lipinski definition) is 3. The lowest BCUT2D eigenvalue weighted by molar-refractivity contribution is 0.0693. The average molecular weight is 367 g/mol. The minimum Gasteiger partial charge on any atom is -0.478 e. The largest absolute Gasteiger partial charge is 0.478 e. The van der Waals surface area contributed by atoms with Crippen LogP contribution in [0, 0.1) is 0 Å². The van der Waals surface area contributed by atoms with Crippen molar-refractivity contribution in [2.45, 2.75) is 6.42 Å². The predicted octanol–water partition coefficient (Wildman–Crippen LogP) is 5.10. The molecule has 0 saturated carbocycles. The van der Waals surface area contributed by atoms with E-state index in [1.165, 1.54) is 46.2 Å². The highest BCUT2D eigenvalue weighted by atomic mass is 35.5. The average Bonchev–Trinajstić information content (AvgIpc) is 2.69. The molecule has 0 amide bonds. The highest BCUT2D eigenvalue weighted by molar-refractivity contribution is 6.15. The molecule has 0 spiro atoms. The number of carbonyl (C=O) groups is 2. The summed E-state index contributed by atoms with van der Waals surface area (Å²) in [4.78, 5) is 21.2. The second-order valence-electron chi connectivity index (χ2n) is 5.72. The van der Waals surface area contributed by atoms with Gasteiger partial charge in [-0.15, -0.1) is 0 Å². The van der Waals surface area contributed by atoms with E-state index in [2.05, 4.69) is 52.8 Å². The lowest BCUT2D eigenvalue weighted by Crippen LogP contribution is -2.00. The molecule has 0 aliphatic heterocycles. The van der Waals surface area contributed by atoms with Crippen molar-refractivity contribution in [1.29, 1.82) is 0 Å². The molecular weight excluding hydrogens is 352 g/mol. The zero-order chi connectivity index (χ0) is 18.5. The molecule has 0 atom stereocenters. The Labute approximate surface area is 155 Å². The Morgan fingerprint density at radius 3 is 2.23 bits per heavy atom. The van der Waals surface area contributed by atoms with Crippen LogP contribution in [0.3, 0.4) is 0 Å². The van der Waals surface area contributed by atoms with Crippen molar-refractivity contribution in [1.82, 2.24) is 0 Å². The maximum Gasteiger partial charge on any atom is 0.356 e. The summed E-state index contributed by atoms with van der Waals surface area (Å²) >= 11 is 4.82. The topological polar surface area (TPSA) is 63.6 Å². The number of carbonyl (C=O) groups excluding carboxylic acids is 1. The van der Waals surface area contributed by atoms with Gasteiger partial charge in [0.25, 0.3) is 0 Å². The Balaban J connectivity index is 0.000000151. The zero-order valence-corrected chi connectivity index (χ0v) is 14.4. The van der Waals surface area contributed by atoms with Crippen LogP contribution in [-0.2, 0) is 10.7 Å². The lowest BCUT2D eigenvalue weighted by Gasteiger charge is -2.11. The summed E-state index contributed by atoms with van der Waals surface area (Å²) < 4.78 is 3.92. The van der Waals surface area contributed by atoms with Gasteiger partial charge in [0, 0.05) is 0 Å². The van der Waals surface area contributed by atoms with Crippen molar-refractivity contribution in [2.75, 3.05) is 0 Å². The summed E-state index contributed by atoms with van der Waals surface area (Å²) in [7, 11) is 0. The van der Waals surface area contributed by atoms with Gasteiger partial charge in [0.2, 0.25) is 0 Å². The van der Waals surface area contributed by atoms with Crippen LogP contribution in [0.25, 0.3) is 16.8 Å². The van der Waals surface area contributed by atoms with Crippen LogP contribution in [0.15, 0.2) is 66.7 Å². The number of halogens is 1. The standard InChI is InChI=1S/C13H10.C8H5ClO4/c1-4-10-6-2-8-12-9-3-7-11(5-1)13(10)12;9-13-8(12)6-3-1-5(2-4-6)7(10)11/h1-8H,9H2;1-4H,(H,10,11). The molecule has 1 N–H and O–H groups in total. The molecular formula is C21H15ClO4. The van der Waals surface area contributed by atoms with Gasteiger partial charge in [0.1, 0.15) is 11.9 Å². The molecule has 1 aliphatic rings. The second-order valence-corrected chi connectivity index (χ2v) is 5.87. The Morgan fingerprint density at radius 1 is 0.923 bits per heavy atom. The van der Waals surface area contributed by atoms with E-state index in [9.17, 15) is 9.59 Å². The number of carboxylic acid groups (broad SMARTS) is 1. The number of carboxylic acids is 1. The Morgan fingerprint density at radius 2 is 1.58 bits per heavy atom. The van der Waals surface area contributed by atoms with Crippen LogP contribution in [-0.4, -0.2) is 17.0 Å². The summed E-state index contributed by atoms with van der Waals surface area (Å²) in [5.74, 6) is -1.76. The quantitative estimate of drug-likeness (QED) is 0.685. The van der Waals surface area contributed by atoms with E-state index in [4.69, 9.17) is 17.0 Å². The summed E-state index contributed by atoms with van der Waals surface area (Å²) in [6, 6.07) is 18.3. The molecule has 0 unspecified atom stereocenters. The van der Waals surface area contributed by atoms with Gasteiger partial charge in [0.15, 0.2) is 0 Å². The third kappa shape index (κ3) is 3.76. The summed E-state index contributed by atoms with van der Waals surface area (Å²) in [6.45, 7) is 0. The molecule has 3 aromatic carbocycles. The Bertz CT molecular complexity index is 985. The number of hydrogen-bond donors (Lipinski definition) is 1. The van der Waals surface area contributed by atoms with Crippen LogP contribution >= 0.6 is 11.9 Å². The molecule has 3 aromatic rings. The fraction of sp³-hybridized carbons (Fsp3) is 0.0476. The molecule has 0 aromatic heterocycles. The Hall–Kier alpha value is -3.11. The van der Waals surface area contributed by atoms with E-state index in [1.54, 1.807) is 0 Å². The van der Waals surface area contributed by atoms with Crippen molar-refractivity contribution in [3.8, 4) is 0 Å². The fourth-order valence-corrected chi connectivity index (χ4v) is 2.95. The van der Waals surface area contributed by atoms with Crippen molar-refractivity contribution < 1.29 is 19.0 Å². The van der Waals surface area contributed by atoms with Gasteiger partial charge in [-0.1, -0.05) is 48.6 Å². The van der Waals surface area contributed by atoms with E-state index >= 15 is 0 Å². The molecule has 1 aliphatic carbocycles. The summed E-state index contributed by atoms with van der Waals surface area (Å²) in [5, 5.41) is 11.3. The van der Waals surface area contributed by atoms with Crippen molar-refractivity contribution in [2.24, 2.45) is 0 Å². The smallest absolute Gasteiger partial charge is 0.356 e. The van der Waals surface area contributed by atoms with Gasteiger partial charge in [-0.3, -0.25) is 0 Å². The van der Waals surface area contributed by atoms with Crippen molar-refractivity contribution in [3.05, 3.63) is 89.0 Å². The third-order valence-electron chi connectivity index (χ3n) is 4.10. The number of aromatic carboxylic acids is 1. The molecule has 0 radical (unpaired) electrons. The van der Waals surface area contributed by atoms with E-state index < -0.39 is 11.9 Å². The molecule has 26 heavy (non-hydrogen) atoms. The van der Waals surface area contributed by atoms with Crippen LogP contribution in [0.4, 0.5) is 0 Å². The van der Waals surface area contributed by atoms with E-state index in [1.807, 2.05) is 0 Å². The highest BCUT2D eigenvalue weighted by Crippen LogP contribution is 2.27. The molecule has 0 saturated heterocycles. The van der Waals surface area contributed by atoms with E-state index in [0.717, 1.165) is 6.42 Å². The minimum absolute atomic E-state index is 0.103. The molecule has 0 heterocycles. The molecule has 4 nitrogen and oxygen atoms in total. The lowest BCUT2D eigenvalue weighted by atomic mass is 9.93. The first-order valence-corrected chi connectivity index (χ1v) is 8.24. The molecule has 5 heteroatoms. The van der Waals surface area contributed by atoms with Crippen molar-refractivity contribution >= 4 is 40.7 Å². The third-order valence-corrected chi connectivity index (χ3v) is 4.24. The monoisotopic (exact) mass is 366 g/mol.